The summed E-state index contributed by atoms with van der Waals surface area (Å²) in [5, 5.41) is 12.3. The first-order valence-corrected chi connectivity index (χ1v) is 7.62. The van der Waals surface area contributed by atoms with Crippen LogP contribution in [0.1, 0.15) is 30.4 Å². The number of fused-ring (bicyclic) bond motifs is 2. The van der Waals surface area contributed by atoms with Gasteiger partial charge >= 0.3 is 5.97 Å². The van der Waals surface area contributed by atoms with Crippen molar-refractivity contribution < 1.29 is 14.7 Å². The topological polar surface area (TPSA) is 66.4 Å². The molecule has 4 heteroatoms. The molecule has 3 rings (SSSR count). The van der Waals surface area contributed by atoms with E-state index in [2.05, 4.69) is 5.32 Å². The van der Waals surface area contributed by atoms with Crippen molar-refractivity contribution in [2.45, 2.75) is 32.7 Å². The van der Waals surface area contributed by atoms with E-state index in [1.54, 1.807) is 0 Å². The SMILES string of the molecule is Cc1ccc(CNC(=O)[C@H]2[C@H]3CC[C@@H](C3)[C@@H]2C(=O)O)cc1. The van der Waals surface area contributed by atoms with Gasteiger partial charge in [0.2, 0.25) is 5.91 Å². The Hall–Kier alpha value is -1.84. The van der Waals surface area contributed by atoms with Crippen molar-refractivity contribution in [2.75, 3.05) is 0 Å². The Morgan fingerprint density at radius 3 is 2.38 bits per heavy atom. The van der Waals surface area contributed by atoms with E-state index < -0.39 is 11.9 Å². The Balaban J connectivity index is 1.64. The highest BCUT2D eigenvalue weighted by Gasteiger charge is 2.53. The third-order valence-corrected chi connectivity index (χ3v) is 5.09. The molecule has 0 unspecified atom stereocenters. The molecular weight excluding hydrogens is 266 g/mol. The Bertz CT molecular complexity index is 552. The van der Waals surface area contributed by atoms with E-state index in [1.807, 2.05) is 31.2 Å². The molecule has 2 saturated carbocycles. The second-order valence-electron chi connectivity index (χ2n) is 6.43. The number of amides is 1. The van der Waals surface area contributed by atoms with Crippen LogP contribution >= 0.6 is 0 Å². The van der Waals surface area contributed by atoms with Crippen LogP contribution in [0.2, 0.25) is 0 Å². The van der Waals surface area contributed by atoms with E-state index >= 15 is 0 Å². The van der Waals surface area contributed by atoms with Gasteiger partial charge in [0.05, 0.1) is 11.8 Å². The number of benzene rings is 1. The Morgan fingerprint density at radius 1 is 1.14 bits per heavy atom. The zero-order valence-corrected chi connectivity index (χ0v) is 12.2. The normalized spacial score (nSPS) is 30.3. The van der Waals surface area contributed by atoms with Gasteiger partial charge in [-0.05, 0) is 43.6 Å². The average Bonchev–Trinajstić information content (AvgIpc) is 3.06. The monoisotopic (exact) mass is 287 g/mol. The van der Waals surface area contributed by atoms with Crippen molar-refractivity contribution in [1.29, 1.82) is 0 Å². The van der Waals surface area contributed by atoms with Crippen LogP contribution < -0.4 is 5.32 Å². The summed E-state index contributed by atoms with van der Waals surface area (Å²) >= 11 is 0. The first-order chi connectivity index (χ1) is 10.1. The molecule has 2 bridgehead atoms. The molecule has 0 aliphatic heterocycles. The van der Waals surface area contributed by atoms with Gasteiger partial charge in [-0.1, -0.05) is 29.8 Å². The smallest absolute Gasteiger partial charge is 0.307 e. The van der Waals surface area contributed by atoms with Crippen LogP contribution in [0.4, 0.5) is 0 Å². The molecule has 2 fully saturated rings. The third-order valence-electron chi connectivity index (χ3n) is 5.09. The Labute approximate surface area is 124 Å². The molecule has 21 heavy (non-hydrogen) atoms. The lowest BCUT2D eigenvalue weighted by Crippen LogP contribution is -2.41. The lowest BCUT2D eigenvalue weighted by Gasteiger charge is -2.27. The molecule has 2 N–H and O–H groups in total. The number of carbonyl (C=O) groups is 2. The van der Waals surface area contributed by atoms with E-state index in [-0.39, 0.29) is 23.7 Å². The summed E-state index contributed by atoms with van der Waals surface area (Å²) in [5.41, 5.74) is 2.23. The first-order valence-electron chi connectivity index (χ1n) is 7.62. The van der Waals surface area contributed by atoms with Crippen molar-refractivity contribution >= 4 is 11.9 Å². The molecule has 2 aliphatic carbocycles. The fraction of sp³-hybridized carbons (Fsp3) is 0.529. The number of aryl methyl sites for hydroxylation is 1. The number of hydrogen-bond acceptors (Lipinski definition) is 2. The van der Waals surface area contributed by atoms with Crippen LogP contribution in [-0.4, -0.2) is 17.0 Å². The van der Waals surface area contributed by atoms with Crippen LogP contribution in [0.25, 0.3) is 0 Å². The number of carboxylic acids is 1. The van der Waals surface area contributed by atoms with Gasteiger partial charge < -0.3 is 10.4 Å². The second kappa shape index (κ2) is 5.51. The average molecular weight is 287 g/mol. The maximum Gasteiger partial charge on any atom is 0.307 e. The van der Waals surface area contributed by atoms with Gasteiger partial charge in [0.25, 0.3) is 0 Å². The summed E-state index contributed by atoms with van der Waals surface area (Å²) in [5.74, 6) is -1.27. The van der Waals surface area contributed by atoms with Crippen molar-refractivity contribution in [2.24, 2.45) is 23.7 Å². The molecule has 112 valence electrons. The van der Waals surface area contributed by atoms with Crippen molar-refractivity contribution in [3.8, 4) is 0 Å². The minimum Gasteiger partial charge on any atom is -0.481 e. The highest BCUT2D eigenvalue weighted by Crippen LogP contribution is 2.52. The molecule has 1 aromatic rings. The van der Waals surface area contributed by atoms with E-state index in [0.717, 1.165) is 24.8 Å². The zero-order chi connectivity index (χ0) is 15.0. The van der Waals surface area contributed by atoms with E-state index in [0.29, 0.717) is 6.54 Å². The maximum absolute atomic E-state index is 12.4. The molecule has 4 nitrogen and oxygen atoms in total. The van der Waals surface area contributed by atoms with Gasteiger partial charge in [-0.15, -0.1) is 0 Å². The second-order valence-corrected chi connectivity index (χ2v) is 6.43. The summed E-state index contributed by atoms with van der Waals surface area (Å²) in [6.07, 6.45) is 2.86. The van der Waals surface area contributed by atoms with Gasteiger partial charge in [0, 0.05) is 6.54 Å². The molecule has 0 aromatic heterocycles. The predicted octanol–water partition coefficient (Wildman–Crippen LogP) is 2.36. The van der Waals surface area contributed by atoms with Crippen LogP contribution in [0.5, 0.6) is 0 Å². The number of rotatable bonds is 4. The van der Waals surface area contributed by atoms with Crippen LogP contribution in [-0.2, 0) is 16.1 Å². The van der Waals surface area contributed by atoms with Gasteiger partial charge in [-0.3, -0.25) is 9.59 Å². The highest BCUT2D eigenvalue weighted by atomic mass is 16.4. The molecule has 1 amide bonds. The van der Waals surface area contributed by atoms with Crippen molar-refractivity contribution in [1.82, 2.24) is 5.32 Å². The number of hydrogen-bond donors (Lipinski definition) is 2. The summed E-state index contributed by atoms with van der Waals surface area (Å²) in [6, 6.07) is 8.01. The molecule has 1 aromatic carbocycles. The van der Waals surface area contributed by atoms with Crippen molar-refractivity contribution in [3.63, 3.8) is 0 Å². The number of aliphatic carboxylic acids is 1. The summed E-state index contributed by atoms with van der Waals surface area (Å²) in [4.78, 5) is 23.9. The van der Waals surface area contributed by atoms with E-state index in [4.69, 9.17) is 0 Å². The van der Waals surface area contributed by atoms with Gasteiger partial charge in [0.1, 0.15) is 0 Å². The van der Waals surface area contributed by atoms with E-state index in [1.165, 1.54) is 5.56 Å². The lowest BCUT2D eigenvalue weighted by atomic mass is 9.78. The number of carbonyl (C=O) groups excluding carboxylic acids is 1. The molecule has 0 saturated heterocycles. The highest BCUT2D eigenvalue weighted by molar-refractivity contribution is 5.86. The van der Waals surface area contributed by atoms with Gasteiger partial charge in [-0.25, -0.2) is 0 Å². The Kier molecular flexibility index (Phi) is 3.70. The third kappa shape index (κ3) is 2.67. The standard InChI is InChI=1S/C17H21NO3/c1-10-2-4-11(5-3-10)9-18-16(19)14-12-6-7-13(8-12)15(14)17(20)21/h2-5,12-15H,6-9H2,1H3,(H,18,19)(H,20,21)/t12-,13-,14-,15-/m0/s1. The fourth-order valence-corrected chi connectivity index (χ4v) is 4.04. The van der Waals surface area contributed by atoms with Gasteiger partial charge in [0.15, 0.2) is 0 Å². The van der Waals surface area contributed by atoms with Crippen LogP contribution in [0, 0.1) is 30.6 Å². The summed E-state index contributed by atoms with van der Waals surface area (Å²) in [7, 11) is 0. The fourth-order valence-electron chi connectivity index (χ4n) is 4.04. The first kappa shape index (κ1) is 14.1. The lowest BCUT2D eigenvalue weighted by molar-refractivity contribution is -0.149. The quantitative estimate of drug-likeness (QED) is 0.893. The van der Waals surface area contributed by atoms with Crippen LogP contribution in [0.3, 0.4) is 0 Å². The Morgan fingerprint density at radius 2 is 1.76 bits per heavy atom. The molecule has 0 radical (unpaired) electrons. The number of nitrogens with one attached hydrogen (secondary N) is 1. The minimum atomic E-state index is -0.808. The van der Waals surface area contributed by atoms with Gasteiger partial charge in [-0.2, -0.15) is 0 Å². The van der Waals surface area contributed by atoms with Crippen molar-refractivity contribution in [3.05, 3.63) is 35.4 Å². The predicted molar refractivity (Wildman–Crippen MR) is 78.5 cm³/mol. The van der Waals surface area contributed by atoms with E-state index in [9.17, 15) is 14.7 Å². The maximum atomic E-state index is 12.4. The summed E-state index contributed by atoms with van der Waals surface area (Å²) < 4.78 is 0. The molecular formula is C17H21NO3. The molecule has 2 aliphatic rings. The number of carboxylic acid groups (broad SMARTS) is 1. The summed E-state index contributed by atoms with van der Waals surface area (Å²) in [6.45, 7) is 2.49. The minimum absolute atomic E-state index is 0.0878. The molecule has 0 heterocycles. The van der Waals surface area contributed by atoms with Crippen LogP contribution in [0.15, 0.2) is 24.3 Å². The molecule has 0 spiro atoms. The molecule has 4 atom stereocenters. The zero-order valence-electron chi connectivity index (χ0n) is 12.2. The largest absolute Gasteiger partial charge is 0.481 e.